The zero-order valence-electron chi connectivity index (χ0n) is 8.03. The van der Waals surface area contributed by atoms with Crippen LogP contribution >= 0.6 is 0 Å². The molecule has 2 rings (SSSR count). The first-order valence-corrected chi connectivity index (χ1v) is 4.56. The molecule has 0 aliphatic carbocycles. The largest absolute Gasteiger partial charge is 0.481 e. The summed E-state index contributed by atoms with van der Waals surface area (Å²) in [7, 11) is 0. The van der Waals surface area contributed by atoms with E-state index >= 15 is 0 Å². The topological polar surface area (TPSA) is 81.8 Å². The van der Waals surface area contributed by atoms with Gasteiger partial charge < -0.3 is 20.3 Å². The van der Waals surface area contributed by atoms with Crippen molar-refractivity contribution >= 4 is 11.7 Å². The van der Waals surface area contributed by atoms with E-state index in [9.17, 15) is 4.79 Å². The fourth-order valence-electron chi connectivity index (χ4n) is 1.46. The van der Waals surface area contributed by atoms with Gasteiger partial charge in [-0.25, -0.2) is 0 Å². The highest BCUT2D eigenvalue weighted by molar-refractivity contribution is 5.68. The Kier molecular flexibility index (Phi) is 2.37. The Morgan fingerprint density at radius 2 is 2.07 bits per heavy atom. The molecule has 0 unspecified atom stereocenters. The van der Waals surface area contributed by atoms with E-state index in [2.05, 4.69) is 0 Å². The minimum atomic E-state index is -0.841. The molecule has 0 atom stereocenters. The lowest BCUT2D eigenvalue weighted by Gasteiger charge is -2.05. The number of ether oxygens (including phenoxy) is 2. The van der Waals surface area contributed by atoms with Gasteiger partial charge in [-0.05, 0) is 18.1 Å². The molecule has 1 aromatic rings. The van der Waals surface area contributed by atoms with Gasteiger partial charge in [0, 0.05) is 18.2 Å². The number of hydrogen-bond acceptors (Lipinski definition) is 4. The maximum absolute atomic E-state index is 10.4. The van der Waals surface area contributed by atoms with Gasteiger partial charge in [0.1, 0.15) is 0 Å². The fraction of sp³-hybridized carbons (Fsp3) is 0.300. The van der Waals surface area contributed by atoms with Crippen LogP contribution in [0.25, 0.3) is 0 Å². The van der Waals surface area contributed by atoms with Crippen LogP contribution in [-0.2, 0) is 11.2 Å². The molecule has 0 amide bonds. The molecule has 1 heterocycles. The summed E-state index contributed by atoms with van der Waals surface area (Å²) in [5, 5.41) is 8.56. The first kappa shape index (κ1) is 9.64. The molecule has 3 N–H and O–H groups in total. The smallest absolute Gasteiger partial charge is 0.303 e. The van der Waals surface area contributed by atoms with Gasteiger partial charge in [-0.3, -0.25) is 4.79 Å². The second kappa shape index (κ2) is 3.68. The molecule has 1 aromatic carbocycles. The van der Waals surface area contributed by atoms with E-state index in [1.165, 1.54) is 0 Å². The first-order valence-electron chi connectivity index (χ1n) is 4.56. The third kappa shape index (κ3) is 1.96. The number of aliphatic carboxylic acids is 1. The summed E-state index contributed by atoms with van der Waals surface area (Å²) < 4.78 is 10.3. The Balaban J connectivity index is 2.21. The van der Waals surface area contributed by atoms with Crippen molar-refractivity contribution in [3.8, 4) is 11.5 Å². The van der Waals surface area contributed by atoms with Crippen molar-refractivity contribution in [3.05, 3.63) is 17.7 Å². The predicted molar refractivity (Wildman–Crippen MR) is 52.9 cm³/mol. The van der Waals surface area contributed by atoms with E-state index in [1.54, 1.807) is 12.1 Å². The van der Waals surface area contributed by atoms with Crippen LogP contribution in [0.4, 0.5) is 5.69 Å². The lowest BCUT2D eigenvalue weighted by Crippen LogP contribution is -2.00. The quantitative estimate of drug-likeness (QED) is 0.726. The number of nitrogen functional groups attached to an aromatic ring is 1. The maximum atomic E-state index is 10.4. The van der Waals surface area contributed by atoms with Gasteiger partial charge in [0.25, 0.3) is 0 Å². The van der Waals surface area contributed by atoms with E-state index in [4.69, 9.17) is 20.3 Å². The number of anilines is 1. The number of carboxylic acids is 1. The molecule has 80 valence electrons. The third-order valence-corrected chi connectivity index (χ3v) is 2.24. The summed E-state index contributed by atoms with van der Waals surface area (Å²) in [4.78, 5) is 10.4. The van der Waals surface area contributed by atoms with E-state index in [-0.39, 0.29) is 13.2 Å². The molecule has 0 radical (unpaired) electrons. The molecular weight excluding hydrogens is 198 g/mol. The van der Waals surface area contributed by atoms with Crippen LogP contribution in [0.1, 0.15) is 12.0 Å². The summed E-state index contributed by atoms with van der Waals surface area (Å²) in [5.74, 6) is 0.406. The molecule has 0 spiro atoms. The van der Waals surface area contributed by atoms with Gasteiger partial charge in [0.05, 0.1) is 0 Å². The highest BCUT2D eigenvalue weighted by atomic mass is 16.7. The Morgan fingerprint density at radius 1 is 1.40 bits per heavy atom. The van der Waals surface area contributed by atoms with Crippen LogP contribution < -0.4 is 15.2 Å². The van der Waals surface area contributed by atoms with Gasteiger partial charge in [-0.1, -0.05) is 0 Å². The van der Waals surface area contributed by atoms with E-state index in [1.807, 2.05) is 0 Å². The predicted octanol–water partition coefficient (Wildman–Crippen LogP) is 1.01. The number of aryl methyl sites for hydroxylation is 1. The van der Waals surface area contributed by atoms with E-state index in [0.717, 1.165) is 5.56 Å². The van der Waals surface area contributed by atoms with Crippen molar-refractivity contribution in [2.24, 2.45) is 0 Å². The van der Waals surface area contributed by atoms with Crippen molar-refractivity contribution in [1.82, 2.24) is 0 Å². The van der Waals surface area contributed by atoms with Crippen LogP contribution in [-0.4, -0.2) is 17.9 Å². The molecular formula is C10H11NO4. The van der Waals surface area contributed by atoms with Gasteiger partial charge in [-0.2, -0.15) is 0 Å². The number of hydrogen-bond donors (Lipinski definition) is 2. The van der Waals surface area contributed by atoms with Crippen LogP contribution in [0.5, 0.6) is 11.5 Å². The van der Waals surface area contributed by atoms with Gasteiger partial charge >= 0.3 is 5.97 Å². The van der Waals surface area contributed by atoms with Crippen molar-refractivity contribution < 1.29 is 19.4 Å². The molecule has 0 aromatic heterocycles. The summed E-state index contributed by atoms with van der Waals surface area (Å²) >= 11 is 0. The van der Waals surface area contributed by atoms with Gasteiger partial charge in [-0.15, -0.1) is 0 Å². The van der Waals surface area contributed by atoms with Crippen molar-refractivity contribution in [1.29, 1.82) is 0 Å². The van der Waals surface area contributed by atoms with E-state index in [0.29, 0.717) is 23.6 Å². The van der Waals surface area contributed by atoms with Gasteiger partial charge in [0.2, 0.25) is 6.79 Å². The normalized spacial score (nSPS) is 12.8. The molecule has 1 aliphatic rings. The maximum Gasteiger partial charge on any atom is 0.303 e. The zero-order chi connectivity index (χ0) is 10.8. The molecule has 0 fully saturated rings. The molecule has 0 saturated carbocycles. The number of fused-ring (bicyclic) bond motifs is 1. The average Bonchev–Trinajstić information content (AvgIpc) is 2.60. The monoisotopic (exact) mass is 209 g/mol. The third-order valence-electron chi connectivity index (χ3n) is 2.24. The Morgan fingerprint density at radius 3 is 2.73 bits per heavy atom. The van der Waals surface area contributed by atoms with Crippen molar-refractivity contribution in [3.63, 3.8) is 0 Å². The molecule has 1 aliphatic heterocycles. The van der Waals surface area contributed by atoms with Crippen molar-refractivity contribution in [2.75, 3.05) is 12.5 Å². The summed E-state index contributed by atoms with van der Waals surface area (Å²) in [6.07, 6.45) is 0.460. The molecule has 0 bridgehead atoms. The Labute approximate surface area is 86.4 Å². The summed E-state index contributed by atoms with van der Waals surface area (Å²) in [5.41, 5.74) is 7.07. The Bertz CT molecular complexity index is 403. The first-order chi connectivity index (χ1) is 7.16. The summed E-state index contributed by atoms with van der Waals surface area (Å²) in [6.45, 7) is 0.192. The number of benzene rings is 1. The molecule has 5 nitrogen and oxygen atoms in total. The minimum Gasteiger partial charge on any atom is -0.481 e. The lowest BCUT2D eigenvalue weighted by atomic mass is 10.1. The molecule has 15 heavy (non-hydrogen) atoms. The standard InChI is InChI=1S/C10H11NO4/c11-7-4-9-8(14-5-15-9)3-6(7)1-2-10(12)13/h3-4H,1-2,5,11H2,(H,12,13). The number of rotatable bonds is 3. The van der Waals surface area contributed by atoms with Crippen LogP contribution in [0.15, 0.2) is 12.1 Å². The molecule has 0 saturated heterocycles. The number of carbonyl (C=O) groups is 1. The average molecular weight is 209 g/mol. The number of carboxylic acid groups (broad SMARTS) is 1. The fourth-order valence-corrected chi connectivity index (χ4v) is 1.46. The Hall–Kier alpha value is -1.91. The van der Waals surface area contributed by atoms with E-state index < -0.39 is 5.97 Å². The zero-order valence-corrected chi connectivity index (χ0v) is 8.03. The lowest BCUT2D eigenvalue weighted by molar-refractivity contribution is -0.136. The summed E-state index contributed by atoms with van der Waals surface area (Å²) in [6, 6.07) is 3.40. The van der Waals surface area contributed by atoms with Crippen LogP contribution in [0.2, 0.25) is 0 Å². The van der Waals surface area contributed by atoms with Crippen molar-refractivity contribution in [2.45, 2.75) is 12.8 Å². The SMILES string of the molecule is Nc1cc2c(cc1CCC(=O)O)OCO2. The molecule has 5 heteroatoms. The van der Waals surface area contributed by atoms with Crippen LogP contribution in [0.3, 0.4) is 0 Å². The minimum absolute atomic E-state index is 0.0594. The highest BCUT2D eigenvalue weighted by Gasteiger charge is 2.16. The second-order valence-electron chi connectivity index (χ2n) is 3.30. The highest BCUT2D eigenvalue weighted by Crippen LogP contribution is 2.36. The van der Waals surface area contributed by atoms with Gasteiger partial charge in [0.15, 0.2) is 11.5 Å². The second-order valence-corrected chi connectivity index (χ2v) is 3.30. The van der Waals surface area contributed by atoms with Crippen LogP contribution in [0, 0.1) is 0 Å². The number of nitrogens with two attached hydrogens (primary N) is 1.